The van der Waals surface area contributed by atoms with E-state index in [2.05, 4.69) is 41.2 Å². The molecular weight excluding hydrogens is 330 g/mol. The van der Waals surface area contributed by atoms with Gasteiger partial charge in [0.1, 0.15) is 18.1 Å². The third-order valence-electron chi connectivity index (χ3n) is 3.28. The number of benzene rings is 2. The number of nitrogens with one attached hydrogen (secondary N) is 1. The Morgan fingerprint density at radius 2 is 1.90 bits per heavy atom. The molecule has 2 N–H and O–H groups in total. The molecule has 0 aliphatic carbocycles. The van der Waals surface area contributed by atoms with E-state index >= 15 is 0 Å². The Bertz CT molecular complexity index is 584. The van der Waals surface area contributed by atoms with E-state index in [1.54, 1.807) is 12.1 Å². The Labute approximate surface area is 134 Å². The van der Waals surface area contributed by atoms with Crippen molar-refractivity contribution in [2.24, 2.45) is 0 Å². The summed E-state index contributed by atoms with van der Waals surface area (Å²) in [7, 11) is 0. The van der Waals surface area contributed by atoms with Crippen LogP contribution >= 0.6 is 15.9 Å². The molecule has 0 fully saturated rings. The summed E-state index contributed by atoms with van der Waals surface area (Å²) in [6.07, 6.45) is 0. The van der Waals surface area contributed by atoms with Crippen LogP contribution in [0.5, 0.6) is 11.5 Å². The first-order valence-corrected chi connectivity index (χ1v) is 7.83. The number of aromatic hydroxyl groups is 1. The Balaban J connectivity index is 2.14. The maximum Gasteiger partial charge on any atom is 0.125 e. The van der Waals surface area contributed by atoms with Crippen molar-refractivity contribution in [3.8, 4) is 11.5 Å². The summed E-state index contributed by atoms with van der Waals surface area (Å²) in [6, 6.07) is 13.4. The minimum Gasteiger partial charge on any atom is -0.508 e. The van der Waals surface area contributed by atoms with Gasteiger partial charge >= 0.3 is 0 Å². The zero-order valence-corrected chi connectivity index (χ0v) is 13.9. The highest BCUT2D eigenvalue weighted by atomic mass is 79.9. The SMILES string of the molecule is CCNC(C)c1ccc(Br)cc1OCc1ccc(O)cc1. The van der Waals surface area contributed by atoms with E-state index in [1.807, 2.05) is 24.3 Å². The van der Waals surface area contributed by atoms with Crippen LogP contribution in [0.1, 0.15) is 31.0 Å². The van der Waals surface area contributed by atoms with E-state index in [1.165, 1.54) is 0 Å². The van der Waals surface area contributed by atoms with Crippen molar-refractivity contribution >= 4 is 15.9 Å². The molecule has 4 heteroatoms. The van der Waals surface area contributed by atoms with Crippen LogP contribution in [0.15, 0.2) is 46.9 Å². The predicted octanol–water partition coefficient (Wildman–Crippen LogP) is 4.40. The average molecular weight is 350 g/mol. The monoisotopic (exact) mass is 349 g/mol. The van der Waals surface area contributed by atoms with Crippen molar-refractivity contribution in [3.63, 3.8) is 0 Å². The molecule has 1 atom stereocenters. The number of rotatable bonds is 6. The fourth-order valence-electron chi connectivity index (χ4n) is 2.16. The lowest BCUT2D eigenvalue weighted by atomic mass is 10.1. The van der Waals surface area contributed by atoms with Gasteiger partial charge in [-0.05, 0) is 43.3 Å². The number of phenolic OH excluding ortho intramolecular Hbond substituents is 1. The van der Waals surface area contributed by atoms with Crippen molar-refractivity contribution < 1.29 is 9.84 Å². The van der Waals surface area contributed by atoms with Crippen LogP contribution in [0.3, 0.4) is 0 Å². The lowest BCUT2D eigenvalue weighted by Crippen LogP contribution is -2.18. The smallest absolute Gasteiger partial charge is 0.125 e. The van der Waals surface area contributed by atoms with Crippen molar-refractivity contribution in [2.75, 3.05) is 6.54 Å². The van der Waals surface area contributed by atoms with Crippen LogP contribution in [0, 0.1) is 0 Å². The quantitative estimate of drug-likeness (QED) is 0.811. The molecule has 0 spiro atoms. The number of phenols is 1. The van der Waals surface area contributed by atoms with E-state index in [-0.39, 0.29) is 11.8 Å². The van der Waals surface area contributed by atoms with Crippen molar-refractivity contribution in [1.82, 2.24) is 5.32 Å². The topological polar surface area (TPSA) is 41.5 Å². The average Bonchev–Trinajstić information content (AvgIpc) is 2.47. The first-order valence-electron chi connectivity index (χ1n) is 7.03. The normalized spacial score (nSPS) is 12.1. The van der Waals surface area contributed by atoms with Crippen LogP contribution in [0.2, 0.25) is 0 Å². The zero-order chi connectivity index (χ0) is 15.2. The van der Waals surface area contributed by atoms with Gasteiger partial charge in [0.25, 0.3) is 0 Å². The molecule has 0 saturated heterocycles. The molecule has 2 aromatic carbocycles. The molecule has 0 heterocycles. The molecule has 112 valence electrons. The number of hydrogen-bond donors (Lipinski definition) is 2. The molecule has 2 aromatic rings. The van der Waals surface area contributed by atoms with Gasteiger partial charge in [-0.25, -0.2) is 0 Å². The predicted molar refractivity (Wildman–Crippen MR) is 88.7 cm³/mol. The maximum atomic E-state index is 9.30. The molecule has 21 heavy (non-hydrogen) atoms. The van der Waals surface area contributed by atoms with E-state index < -0.39 is 0 Å². The van der Waals surface area contributed by atoms with Gasteiger partial charge in [-0.1, -0.05) is 41.1 Å². The van der Waals surface area contributed by atoms with Crippen molar-refractivity contribution in [3.05, 3.63) is 58.1 Å². The largest absolute Gasteiger partial charge is 0.508 e. The molecule has 0 bridgehead atoms. The Morgan fingerprint density at radius 3 is 2.57 bits per heavy atom. The summed E-state index contributed by atoms with van der Waals surface area (Å²) in [5.74, 6) is 1.13. The molecule has 0 aliphatic rings. The molecule has 2 rings (SSSR count). The third-order valence-corrected chi connectivity index (χ3v) is 3.78. The second-order valence-electron chi connectivity index (χ2n) is 4.92. The van der Waals surface area contributed by atoms with E-state index in [4.69, 9.17) is 4.74 Å². The molecule has 0 aromatic heterocycles. The summed E-state index contributed by atoms with van der Waals surface area (Å²) in [5.41, 5.74) is 2.16. The number of ether oxygens (including phenoxy) is 1. The van der Waals surface area contributed by atoms with Crippen LogP contribution in [0.4, 0.5) is 0 Å². The van der Waals surface area contributed by atoms with Crippen molar-refractivity contribution in [2.45, 2.75) is 26.5 Å². The lowest BCUT2D eigenvalue weighted by Gasteiger charge is -2.18. The Kier molecular flexibility index (Phi) is 5.65. The van der Waals surface area contributed by atoms with E-state index in [0.717, 1.165) is 27.9 Å². The zero-order valence-electron chi connectivity index (χ0n) is 12.3. The molecule has 0 aliphatic heterocycles. The molecule has 0 saturated carbocycles. The minimum absolute atomic E-state index is 0.234. The first-order chi connectivity index (χ1) is 10.1. The van der Waals surface area contributed by atoms with Crippen LogP contribution in [-0.2, 0) is 6.61 Å². The first kappa shape index (κ1) is 15.9. The van der Waals surface area contributed by atoms with Gasteiger partial charge in [0.05, 0.1) is 0 Å². The summed E-state index contributed by atoms with van der Waals surface area (Å²) in [5, 5.41) is 12.7. The van der Waals surface area contributed by atoms with Gasteiger partial charge < -0.3 is 15.2 Å². The number of halogens is 1. The van der Waals surface area contributed by atoms with E-state index in [0.29, 0.717) is 6.61 Å². The summed E-state index contributed by atoms with van der Waals surface area (Å²) < 4.78 is 6.96. The third kappa shape index (κ3) is 4.48. The Morgan fingerprint density at radius 1 is 1.19 bits per heavy atom. The number of hydrogen-bond acceptors (Lipinski definition) is 3. The van der Waals surface area contributed by atoms with Crippen molar-refractivity contribution in [1.29, 1.82) is 0 Å². The standard InChI is InChI=1S/C17H20BrNO2/c1-3-19-12(2)16-9-6-14(18)10-17(16)21-11-13-4-7-15(20)8-5-13/h4-10,12,19-20H,3,11H2,1-2H3. The van der Waals surface area contributed by atoms with Gasteiger partial charge in [0.2, 0.25) is 0 Å². The molecular formula is C17H20BrNO2. The van der Waals surface area contributed by atoms with Gasteiger partial charge in [0, 0.05) is 16.1 Å². The fourth-order valence-corrected chi connectivity index (χ4v) is 2.50. The molecule has 1 unspecified atom stereocenters. The van der Waals surface area contributed by atoms with Crippen LogP contribution in [-0.4, -0.2) is 11.7 Å². The lowest BCUT2D eigenvalue weighted by molar-refractivity contribution is 0.299. The van der Waals surface area contributed by atoms with Gasteiger partial charge in [-0.15, -0.1) is 0 Å². The molecule has 0 radical (unpaired) electrons. The summed E-state index contributed by atoms with van der Waals surface area (Å²) in [4.78, 5) is 0. The second-order valence-corrected chi connectivity index (χ2v) is 5.83. The highest BCUT2D eigenvalue weighted by molar-refractivity contribution is 9.10. The molecule has 0 amide bonds. The Hall–Kier alpha value is -1.52. The maximum absolute atomic E-state index is 9.30. The second kappa shape index (κ2) is 7.48. The van der Waals surface area contributed by atoms with Crippen LogP contribution < -0.4 is 10.1 Å². The fraction of sp³-hybridized carbons (Fsp3) is 0.294. The van der Waals surface area contributed by atoms with Gasteiger partial charge in [-0.3, -0.25) is 0 Å². The summed E-state index contributed by atoms with van der Waals surface area (Å²) >= 11 is 3.49. The molecule has 3 nitrogen and oxygen atoms in total. The van der Waals surface area contributed by atoms with Gasteiger partial charge in [-0.2, -0.15) is 0 Å². The van der Waals surface area contributed by atoms with Gasteiger partial charge in [0.15, 0.2) is 0 Å². The highest BCUT2D eigenvalue weighted by Crippen LogP contribution is 2.29. The highest BCUT2D eigenvalue weighted by Gasteiger charge is 2.11. The van der Waals surface area contributed by atoms with Crippen LogP contribution in [0.25, 0.3) is 0 Å². The summed E-state index contributed by atoms with van der Waals surface area (Å²) in [6.45, 7) is 5.60. The minimum atomic E-state index is 0.234. The van der Waals surface area contributed by atoms with E-state index in [9.17, 15) is 5.11 Å².